The normalized spacial score (nSPS) is 10.1. The van der Waals surface area contributed by atoms with Crippen molar-refractivity contribution in [2.24, 2.45) is 0 Å². The molecule has 1 radical (unpaired) electrons. The van der Waals surface area contributed by atoms with Crippen molar-refractivity contribution >= 4 is 0 Å². The van der Waals surface area contributed by atoms with E-state index in [0.29, 0.717) is 0 Å². The summed E-state index contributed by atoms with van der Waals surface area (Å²) < 4.78 is 103. The Morgan fingerprint density at radius 3 is 0.529 bits per heavy atom. The molecule has 103 valence electrons. The van der Waals surface area contributed by atoms with Gasteiger partial charge in [0.05, 0.1) is 0 Å². The van der Waals surface area contributed by atoms with Crippen molar-refractivity contribution in [1.82, 2.24) is 0 Å². The van der Waals surface area contributed by atoms with Crippen LogP contribution in [0.1, 0.15) is 1.43 Å². The van der Waals surface area contributed by atoms with Crippen molar-refractivity contribution in [1.29, 1.82) is 0 Å². The third kappa shape index (κ3) is 1380. The average Bonchev–Trinajstić information content (AvgIpc) is 1.41. The first-order chi connectivity index (χ1) is 6.00. The third-order valence-corrected chi connectivity index (χ3v) is 0. The second kappa shape index (κ2) is 12.8. The van der Waals surface area contributed by atoms with E-state index in [2.05, 4.69) is 0 Å². The molecule has 0 fully saturated rings. The fraction of sp³-hybridized carbons (Fsp3) is 0. The van der Waals surface area contributed by atoms with E-state index in [1.807, 2.05) is 0 Å². The first kappa shape index (κ1) is 31.3. The second-order valence-electron chi connectivity index (χ2n) is 1.13. The zero-order chi connectivity index (χ0) is 13.5. The summed E-state index contributed by atoms with van der Waals surface area (Å²) in [6.45, 7) is 0. The summed E-state index contributed by atoms with van der Waals surface area (Å²) in [5.41, 5.74) is 0. The van der Waals surface area contributed by atoms with E-state index in [4.69, 9.17) is 47.1 Å². The summed E-state index contributed by atoms with van der Waals surface area (Å²) in [7, 11) is 0. The summed E-state index contributed by atoms with van der Waals surface area (Å²) in [5.74, 6) is 0. The molecule has 0 aromatic rings. The molecule has 0 atom stereocenters. The quantitative estimate of drug-likeness (QED) is 0.312. The zero-order valence-electron chi connectivity index (χ0n) is 8.39. The Kier molecular flexibility index (Phi) is 23.6. The molecule has 0 N–H and O–H groups in total. The van der Waals surface area contributed by atoms with Gasteiger partial charge in [0.25, 0.3) is 0 Å². The predicted molar refractivity (Wildman–Crippen MR) is 7.29 cm³/mol. The standard InChI is InChI=1S/Fe.K.3Mn.12O.H/q+3;+1;;;;;;;;;;;;;4*-1. The molecular formula is HFeKMn3O12. The van der Waals surface area contributed by atoms with Gasteiger partial charge >= 0.3 is 154 Å². The first-order valence-corrected chi connectivity index (χ1v) is 7.63. The summed E-state index contributed by atoms with van der Waals surface area (Å²) in [5, 5.41) is 0. The second-order valence-corrected chi connectivity index (χ2v) is 4.68. The fourth-order valence-electron chi connectivity index (χ4n) is 0. The van der Waals surface area contributed by atoms with Crippen molar-refractivity contribution in [2.45, 2.75) is 0 Å². The topological polar surface area (TPSA) is 223 Å². The van der Waals surface area contributed by atoms with E-state index < -0.39 is 38.9 Å². The molecule has 0 amide bonds. The molecular weight excluding hydrogens is 452 g/mol. The Morgan fingerprint density at radius 1 is 0.529 bits per heavy atom. The predicted octanol–water partition coefficient (Wildman–Crippen LogP) is -7.53. The monoisotopic (exact) mass is 453 g/mol. The van der Waals surface area contributed by atoms with Crippen LogP contribution in [0.3, 0.4) is 0 Å². The molecule has 0 rings (SSSR count). The van der Waals surface area contributed by atoms with Gasteiger partial charge in [0.1, 0.15) is 0 Å². The van der Waals surface area contributed by atoms with Gasteiger partial charge in [-0.1, -0.05) is 0 Å². The molecule has 0 saturated carbocycles. The third-order valence-electron chi connectivity index (χ3n) is 0. The van der Waals surface area contributed by atoms with E-state index in [1.165, 1.54) is 0 Å². The van der Waals surface area contributed by atoms with E-state index >= 15 is 0 Å². The summed E-state index contributed by atoms with van der Waals surface area (Å²) in [4.78, 5) is 0. The maximum absolute atomic E-state index is 8.58. The van der Waals surface area contributed by atoms with Gasteiger partial charge in [-0.3, -0.25) is 0 Å². The number of hydrogen-bond acceptors (Lipinski definition) is 12. The van der Waals surface area contributed by atoms with Crippen molar-refractivity contribution in [3.05, 3.63) is 0 Å². The van der Waals surface area contributed by atoms with Gasteiger partial charge in [-0.05, 0) is 0 Å². The van der Waals surface area contributed by atoms with Gasteiger partial charge in [-0.2, -0.15) is 0 Å². The van der Waals surface area contributed by atoms with E-state index in [0.717, 1.165) is 0 Å². The van der Waals surface area contributed by atoms with Crippen molar-refractivity contribution in [3.8, 4) is 0 Å². The molecule has 0 aliphatic rings. The fourth-order valence-corrected chi connectivity index (χ4v) is 0. The molecule has 0 bridgehead atoms. The van der Waals surface area contributed by atoms with Gasteiger partial charge in [-0.15, -0.1) is 0 Å². The van der Waals surface area contributed by atoms with Crippen LogP contribution in [-0.2, 0) is 90.5 Å². The molecule has 0 aliphatic carbocycles. The van der Waals surface area contributed by atoms with E-state index in [-0.39, 0.29) is 69.9 Å². The van der Waals surface area contributed by atoms with Crippen LogP contribution in [0.25, 0.3) is 0 Å². The zero-order valence-corrected chi connectivity index (χ0v) is 15.2. The Bertz CT molecular complexity index is 491. The maximum atomic E-state index is 8.58. The average molecular weight is 453 g/mol. The molecule has 0 aromatic carbocycles. The van der Waals surface area contributed by atoms with Crippen molar-refractivity contribution in [3.63, 3.8) is 0 Å². The van der Waals surface area contributed by atoms with Crippen molar-refractivity contribution < 1.29 is 156 Å². The molecule has 17 heavy (non-hydrogen) atoms. The Morgan fingerprint density at radius 2 is 0.529 bits per heavy atom. The van der Waals surface area contributed by atoms with Crippen LogP contribution in [0.5, 0.6) is 0 Å². The minimum absolute atomic E-state index is 0. The molecule has 12 nitrogen and oxygen atoms in total. The van der Waals surface area contributed by atoms with Crippen LogP contribution >= 0.6 is 0 Å². The molecule has 0 unspecified atom stereocenters. The number of hydrogen-bond donors (Lipinski definition) is 0. The summed E-state index contributed by atoms with van der Waals surface area (Å²) in [6, 6.07) is 0. The van der Waals surface area contributed by atoms with Crippen LogP contribution in [0, 0.1) is 0 Å². The molecule has 0 aromatic heterocycles. The Hall–Kier alpha value is 1.79. The Labute approximate surface area is 153 Å². The summed E-state index contributed by atoms with van der Waals surface area (Å²) in [6.07, 6.45) is 0. The molecule has 0 heterocycles. The SMILES string of the molecule is [Fe+3].[H-].[K+].[O]=[Mn](=[O])(=[O])[O-].[O]=[Mn](=[O])(=[O])[O-].[O]=[Mn](=[O])(=[O])[O-]. The van der Waals surface area contributed by atoms with Crippen molar-refractivity contribution in [2.75, 3.05) is 0 Å². The summed E-state index contributed by atoms with van der Waals surface area (Å²) >= 11 is -16.9. The Balaban J connectivity index is -0.0000000277. The molecule has 0 saturated heterocycles. The van der Waals surface area contributed by atoms with E-state index in [9.17, 15) is 0 Å². The van der Waals surface area contributed by atoms with Crippen LogP contribution < -0.4 is 64.0 Å². The van der Waals surface area contributed by atoms with E-state index in [1.54, 1.807) is 0 Å². The van der Waals surface area contributed by atoms with Gasteiger partial charge < -0.3 is 1.43 Å². The van der Waals surface area contributed by atoms with Gasteiger partial charge in [0.15, 0.2) is 0 Å². The molecule has 0 spiro atoms. The molecule has 17 heteroatoms. The van der Waals surface area contributed by atoms with Crippen LogP contribution in [0.4, 0.5) is 0 Å². The molecule has 0 aliphatic heterocycles. The van der Waals surface area contributed by atoms with Crippen LogP contribution in [-0.4, -0.2) is 0 Å². The minimum atomic E-state index is -5.62. The van der Waals surface area contributed by atoms with Crippen LogP contribution in [0.2, 0.25) is 0 Å². The van der Waals surface area contributed by atoms with Gasteiger partial charge in [0.2, 0.25) is 0 Å². The van der Waals surface area contributed by atoms with Gasteiger partial charge in [-0.25, -0.2) is 0 Å². The number of rotatable bonds is 0. The van der Waals surface area contributed by atoms with Crippen LogP contribution in [0.15, 0.2) is 0 Å². The van der Waals surface area contributed by atoms with Gasteiger partial charge in [0, 0.05) is 0 Å². The first-order valence-electron chi connectivity index (χ1n) is 1.85.